The van der Waals surface area contributed by atoms with Crippen molar-refractivity contribution < 1.29 is 14.3 Å². The molecule has 3 amide bonds. The van der Waals surface area contributed by atoms with Gasteiger partial charge >= 0.3 is 6.03 Å². The number of rotatable bonds is 7. The minimum Gasteiger partial charge on any atom is -0.383 e. The Morgan fingerprint density at radius 3 is 2.58 bits per heavy atom. The average Bonchev–Trinajstić information content (AvgIpc) is 2.56. The van der Waals surface area contributed by atoms with Gasteiger partial charge < -0.3 is 10.1 Å². The van der Waals surface area contributed by atoms with E-state index in [1.807, 2.05) is 25.1 Å². The Kier molecular flexibility index (Phi) is 8.31. The molecule has 1 atom stereocenters. The number of ether oxygens (including phenoxy) is 1. The maximum atomic E-state index is 12.0. The molecule has 1 heterocycles. The van der Waals surface area contributed by atoms with E-state index >= 15 is 0 Å². The molecule has 1 fully saturated rings. The molecule has 0 aromatic heterocycles. The van der Waals surface area contributed by atoms with E-state index in [0.717, 1.165) is 37.7 Å². The van der Waals surface area contributed by atoms with Crippen LogP contribution < -0.4 is 10.6 Å². The van der Waals surface area contributed by atoms with Gasteiger partial charge in [-0.25, -0.2) is 4.79 Å². The van der Waals surface area contributed by atoms with Crippen molar-refractivity contribution in [1.82, 2.24) is 20.4 Å². The van der Waals surface area contributed by atoms with Crippen LogP contribution in [0.4, 0.5) is 4.79 Å². The molecule has 1 aliphatic heterocycles. The van der Waals surface area contributed by atoms with Crippen LogP contribution in [0.15, 0.2) is 24.3 Å². The standard InChI is InChI=1S/C18H27ClN4O3/c1-14(13-26-2)20-18(25)21-17(24)12-23-8-6-22(7-9-23)11-15-4-3-5-16(19)10-15/h3-5,10,14H,6-9,11-13H2,1-2H3,(H2,20,21,24,25). The first kappa shape index (κ1) is 20.6. The summed E-state index contributed by atoms with van der Waals surface area (Å²) in [4.78, 5) is 28.1. The summed E-state index contributed by atoms with van der Waals surface area (Å²) in [7, 11) is 1.56. The van der Waals surface area contributed by atoms with Crippen molar-refractivity contribution in [3.63, 3.8) is 0 Å². The molecule has 1 aromatic carbocycles. The number of carbonyl (C=O) groups excluding carboxylic acids is 2. The average molecular weight is 383 g/mol. The van der Waals surface area contributed by atoms with E-state index in [9.17, 15) is 9.59 Å². The van der Waals surface area contributed by atoms with E-state index in [2.05, 4.69) is 26.5 Å². The molecule has 7 nitrogen and oxygen atoms in total. The van der Waals surface area contributed by atoms with Crippen molar-refractivity contribution in [2.75, 3.05) is 46.4 Å². The third kappa shape index (κ3) is 7.29. The van der Waals surface area contributed by atoms with Crippen LogP contribution in [-0.4, -0.2) is 74.2 Å². The normalized spacial score (nSPS) is 16.9. The zero-order chi connectivity index (χ0) is 18.9. The molecule has 0 aliphatic carbocycles. The molecule has 1 unspecified atom stereocenters. The van der Waals surface area contributed by atoms with Crippen LogP contribution in [0.25, 0.3) is 0 Å². The Hall–Kier alpha value is -1.67. The Morgan fingerprint density at radius 1 is 1.23 bits per heavy atom. The number of hydrogen-bond donors (Lipinski definition) is 2. The van der Waals surface area contributed by atoms with Crippen molar-refractivity contribution in [2.24, 2.45) is 0 Å². The molecular formula is C18H27ClN4O3. The minimum absolute atomic E-state index is 0.150. The van der Waals surface area contributed by atoms with E-state index in [0.29, 0.717) is 6.61 Å². The Morgan fingerprint density at radius 2 is 1.92 bits per heavy atom. The first-order valence-corrected chi connectivity index (χ1v) is 9.12. The van der Waals surface area contributed by atoms with Crippen LogP contribution >= 0.6 is 11.6 Å². The highest BCUT2D eigenvalue weighted by Gasteiger charge is 2.20. The molecule has 144 valence electrons. The molecule has 2 rings (SSSR count). The zero-order valence-corrected chi connectivity index (χ0v) is 16.1. The van der Waals surface area contributed by atoms with Crippen molar-refractivity contribution >= 4 is 23.5 Å². The van der Waals surface area contributed by atoms with Crippen molar-refractivity contribution in [1.29, 1.82) is 0 Å². The maximum absolute atomic E-state index is 12.0. The number of methoxy groups -OCH3 is 1. The molecule has 0 spiro atoms. The van der Waals surface area contributed by atoms with Gasteiger partial charge in [-0.05, 0) is 24.6 Å². The summed E-state index contributed by atoms with van der Waals surface area (Å²) in [5, 5.41) is 5.76. The molecule has 0 bridgehead atoms. The van der Waals surface area contributed by atoms with Gasteiger partial charge in [0.1, 0.15) is 0 Å². The lowest BCUT2D eigenvalue weighted by atomic mass is 10.2. The number of amides is 3. The molecular weight excluding hydrogens is 356 g/mol. The predicted octanol–water partition coefficient (Wildman–Crippen LogP) is 1.32. The maximum Gasteiger partial charge on any atom is 0.321 e. The van der Waals surface area contributed by atoms with Gasteiger partial charge in [0.25, 0.3) is 0 Å². The number of carbonyl (C=O) groups is 2. The fourth-order valence-corrected chi connectivity index (χ4v) is 3.13. The number of piperazine rings is 1. The van der Waals surface area contributed by atoms with E-state index in [1.54, 1.807) is 7.11 Å². The Labute approximate surface area is 159 Å². The van der Waals surface area contributed by atoms with Gasteiger partial charge in [0.15, 0.2) is 0 Å². The van der Waals surface area contributed by atoms with Gasteiger partial charge in [0, 0.05) is 44.9 Å². The Balaban J connectivity index is 1.68. The molecule has 1 aromatic rings. The molecule has 2 N–H and O–H groups in total. The van der Waals surface area contributed by atoms with Crippen LogP contribution in [0.5, 0.6) is 0 Å². The van der Waals surface area contributed by atoms with Gasteiger partial charge in [0.05, 0.1) is 19.2 Å². The second kappa shape index (κ2) is 10.5. The second-order valence-corrected chi connectivity index (χ2v) is 7.00. The number of nitrogens with zero attached hydrogens (tertiary/aromatic N) is 2. The summed E-state index contributed by atoms with van der Waals surface area (Å²) >= 11 is 6.02. The van der Waals surface area contributed by atoms with E-state index < -0.39 is 6.03 Å². The zero-order valence-electron chi connectivity index (χ0n) is 15.3. The number of nitrogens with one attached hydrogen (secondary N) is 2. The summed E-state index contributed by atoms with van der Waals surface area (Å²) in [6.07, 6.45) is 0. The van der Waals surface area contributed by atoms with Gasteiger partial charge in [-0.3, -0.25) is 19.9 Å². The first-order valence-electron chi connectivity index (χ1n) is 8.74. The number of hydrogen-bond acceptors (Lipinski definition) is 5. The summed E-state index contributed by atoms with van der Waals surface area (Å²) in [5.41, 5.74) is 1.19. The SMILES string of the molecule is COCC(C)NC(=O)NC(=O)CN1CCN(Cc2cccc(Cl)c2)CC1. The molecule has 1 saturated heterocycles. The third-order valence-electron chi connectivity index (χ3n) is 4.17. The smallest absolute Gasteiger partial charge is 0.321 e. The summed E-state index contributed by atoms with van der Waals surface area (Å²) in [6.45, 7) is 6.60. The highest BCUT2D eigenvalue weighted by molar-refractivity contribution is 6.30. The number of benzene rings is 1. The largest absolute Gasteiger partial charge is 0.383 e. The molecule has 8 heteroatoms. The van der Waals surface area contributed by atoms with Gasteiger partial charge in [-0.15, -0.1) is 0 Å². The lowest BCUT2D eigenvalue weighted by Gasteiger charge is -2.34. The number of halogens is 1. The van der Waals surface area contributed by atoms with Crippen LogP contribution in [0, 0.1) is 0 Å². The summed E-state index contributed by atoms with van der Waals surface area (Å²) in [5.74, 6) is -0.296. The Bertz CT molecular complexity index is 606. The number of urea groups is 1. The highest BCUT2D eigenvalue weighted by atomic mass is 35.5. The third-order valence-corrected chi connectivity index (χ3v) is 4.41. The van der Waals surface area contributed by atoms with Crippen LogP contribution in [-0.2, 0) is 16.1 Å². The molecule has 0 saturated carbocycles. The van der Waals surface area contributed by atoms with E-state index in [4.69, 9.17) is 16.3 Å². The lowest BCUT2D eigenvalue weighted by Crippen LogP contribution is -2.51. The minimum atomic E-state index is -0.487. The topological polar surface area (TPSA) is 73.9 Å². The first-order chi connectivity index (χ1) is 12.5. The fraction of sp³-hybridized carbons (Fsp3) is 0.556. The van der Waals surface area contributed by atoms with Crippen LogP contribution in [0.2, 0.25) is 5.02 Å². The molecule has 1 aliphatic rings. The monoisotopic (exact) mass is 382 g/mol. The summed E-state index contributed by atoms with van der Waals surface area (Å²) in [6, 6.07) is 7.23. The van der Waals surface area contributed by atoms with Crippen molar-refractivity contribution in [2.45, 2.75) is 19.5 Å². The van der Waals surface area contributed by atoms with E-state index in [-0.39, 0.29) is 18.5 Å². The van der Waals surface area contributed by atoms with Gasteiger partial charge in [-0.1, -0.05) is 23.7 Å². The van der Waals surface area contributed by atoms with E-state index in [1.165, 1.54) is 5.56 Å². The summed E-state index contributed by atoms with van der Waals surface area (Å²) < 4.78 is 4.94. The van der Waals surface area contributed by atoms with Gasteiger partial charge in [-0.2, -0.15) is 0 Å². The van der Waals surface area contributed by atoms with Crippen molar-refractivity contribution in [3.05, 3.63) is 34.9 Å². The van der Waals surface area contributed by atoms with Crippen LogP contribution in [0.1, 0.15) is 12.5 Å². The number of imide groups is 1. The molecule has 26 heavy (non-hydrogen) atoms. The van der Waals surface area contributed by atoms with Gasteiger partial charge in [0.2, 0.25) is 5.91 Å². The fourth-order valence-electron chi connectivity index (χ4n) is 2.92. The lowest BCUT2D eigenvalue weighted by molar-refractivity contribution is -0.121. The van der Waals surface area contributed by atoms with Crippen LogP contribution in [0.3, 0.4) is 0 Å². The second-order valence-electron chi connectivity index (χ2n) is 6.56. The quantitative estimate of drug-likeness (QED) is 0.744. The highest BCUT2D eigenvalue weighted by Crippen LogP contribution is 2.13. The molecule has 0 radical (unpaired) electrons. The van der Waals surface area contributed by atoms with Crippen molar-refractivity contribution in [3.8, 4) is 0 Å². The predicted molar refractivity (Wildman–Crippen MR) is 101 cm³/mol.